The van der Waals surface area contributed by atoms with Gasteiger partial charge in [0.05, 0.1) is 23.0 Å². The van der Waals surface area contributed by atoms with Gasteiger partial charge in [-0.2, -0.15) is 5.43 Å². The van der Waals surface area contributed by atoms with Crippen LogP contribution in [0.1, 0.15) is 18.9 Å². The first-order valence-electron chi connectivity index (χ1n) is 7.43. The van der Waals surface area contributed by atoms with Gasteiger partial charge in [-0.3, -0.25) is 0 Å². The molecule has 0 spiro atoms. The van der Waals surface area contributed by atoms with Gasteiger partial charge in [0.1, 0.15) is 0 Å². The van der Waals surface area contributed by atoms with E-state index in [-0.39, 0.29) is 12.3 Å². The van der Waals surface area contributed by atoms with Crippen molar-refractivity contribution in [3.05, 3.63) is 70.3 Å². The number of amidine groups is 1. The van der Waals surface area contributed by atoms with Crippen LogP contribution < -0.4 is 5.43 Å². The third kappa shape index (κ3) is 5.45. The number of anilines is 1. The number of thioether (sulfide) groups is 1. The average Bonchev–Trinajstić information content (AvgIpc) is 2.61. The molecule has 0 amide bonds. The number of nitrogens with zero attached hydrogens (tertiary/aromatic N) is 2. The van der Waals surface area contributed by atoms with Crippen molar-refractivity contribution in [3.8, 4) is 11.8 Å². The second kappa shape index (κ2) is 9.38. The Kier molecular flexibility index (Phi) is 6.87. The van der Waals surface area contributed by atoms with E-state index in [1.807, 2.05) is 54.6 Å². The van der Waals surface area contributed by atoms with Gasteiger partial charge in [0.15, 0.2) is 0 Å². The number of benzene rings is 2. The second-order valence-corrected chi connectivity index (χ2v) is 5.72. The van der Waals surface area contributed by atoms with E-state index in [1.165, 1.54) is 0 Å². The summed E-state index contributed by atoms with van der Waals surface area (Å²) >= 11 is 1.56. The van der Waals surface area contributed by atoms with Crippen molar-refractivity contribution in [2.45, 2.75) is 18.2 Å². The van der Waals surface area contributed by atoms with Crippen molar-refractivity contribution in [1.82, 2.24) is 0 Å². The van der Waals surface area contributed by atoms with Gasteiger partial charge < -0.3 is 10.1 Å². The summed E-state index contributed by atoms with van der Waals surface area (Å²) in [5, 5.41) is 14.7. The Morgan fingerprint density at radius 2 is 1.92 bits per heavy atom. The second-order valence-electron chi connectivity index (χ2n) is 4.70. The first-order chi connectivity index (χ1) is 11.7. The normalized spacial score (nSPS) is 10.6. The lowest BCUT2D eigenvalue weighted by Gasteiger charge is -2.04. The van der Waals surface area contributed by atoms with E-state index in [0.29, 0.717) is 5.75 Å². The molecule has 6 heteroatoms. The standard InChI is InChI=1S/C18H17N3O2S/c1-2-18(21(22)23)20-19-16-12-6-7-13-17(16)24-14-8-11-15-9-4-3-5-10-15/h3-7,9-10,12-13,19H,2,14H2,1H3/b20-18-. The van der Waals surface area contributed by atoms with Crippen LogP contribution in [0.5, 0.6) is 0 Å². The summed E-state index contributed by atoms with van der Waals surface area (Å²) < 4.78 is 0. The third-order valence-corrected chi connectivity index (χ3v) is 3.98. The van der Waals surface area contributed by atoms with Crippen LogP contribution >= 0.6 is 11.8 Å². The Morgan fingerprint density at radius 3 is 2.62 bits per heavy atom. The van der Waals surface area contributed by atoms with E-state index < -0.39 is 4.92 Å². The molecule has 0 saturated heterocycles. The van der Waals surface area contributed by atoms with Crippen LogP contribution in [0.2, 0.25) is 0 Å². The molecule has 0 unspecified atom stereocenters. The van der Waals surface area contributed by atoms with Crippen molar-refractivity contribution in [3.63, 3.8) is 0 Å². The number of hydrogen-bond donors (Lipinski definition) is 1. The fourth-order valence-electron chi connectivity index (χ4n) is 1.83. The topological polar surface area (TPSA) is 67.5 Å². The smallest absolute Gasteiger partial charge is 0.358 e. The maximum absolute atomic E-state index is 10.8. The average molecular weight is 339 g/mol. The Morgan fingerprint density at radius 1 is 1.21 bits per heavy atom. The maximum atomic E-state index is 10.8. The predicted molar refractivity (Wildman–Crippen MR) is 98.8 cm³/mol. The van der Waals surface area contributed by atoms with Crippen LogP contribution in [0.3, 0.4) is 0 Å². The highest BCUT2D eigenvalue weighted by molar-refractivity contribution is 7.99. The Bertz CT molecular complexity index is 780. The van der Waals surface area contributed by atoms with Crippen molar-refractivity contribution in [1.29, 1.82) is 0 Å². The molecule has 0 atom stereocenters. The van der Waals surface area contributed by atoms with E-state index in [2.05, 4.69) is 22.4 Å². The molecule has 0 bridgehead atoms. The number of nitro groups is 1. The number of para-hydroxylation sites is 1. The monoisotopic (exact) mass is 339 g/mol. The van der Waals surface area contributed by atoms with Crippen LogP contribution in [0.15, 0.2) is 64.6 Å². The molecule has 0 aliphatic heterocycles. The molecular formula is C18H17N3O2S. The minimum Gasteiger partial charge on any atom is -0.358 e. The summed E-state index contributed by atoms with van der Waals surface area (Å²) in [5.41, 5.74) is 4.49. The minimum atomic E-state index is -0.478. The fourth-order valence-corrected chi connectivity index (χ4v) is 2.58. The summed E-state index contributed by atoms with van der Waals surface area (Å²) in [7, 11) is 0. The van der Waals surface area contributed by atoms with Crippen LogP contribution in [0.4, 0.5) is 5.69 Å². The summed E-state index contributed by atoms with van der Waals surface area (Å²) in [6, 6.07) is 17.3. The van der Waals surface area contributed by atoms with Crippen LogP contribution in [-0.4, -0.2) is 16.5 Å². The van der Waals surface area contributed by atoms with Gasteiger partial charge in [-0.1, -0.05) is 49.1 Å². The first-order valence-corrected chi connectivity index (χ1v) is 8.42. The first kappa shape index (κ1) is 17.6. The molecule has 2 aromatic rings. The van der Waals surface area contributed by atoms with Crippen LogP contribution in [-0.2, 0) is 0 Å². The molecule has 0 aliphatic carbocycles. The van der Waals surface area contributed by atoms with E-state index in [0.717, 1.165) is 16.1 Å². The zero-order chi connectivity index (χ0) is 17.2. The number of rotatable bonds is 5. The zero-order valence-electron chi connectivity index (χ0n) is 13.2. The molecule has 2 aromatic carbocycles. The van der Waals surface area contributed by atoms with Gasteiger partial charge in [0, 0.05) is 10.5 Å². The molecule has 1 N–H and O–H groups in total. The molecule has 5 nitrogen and oxygen atoms in total. The van der Waals surface area contributed by atoms with Crippen LogP contribution in [0, 0.1) is 22.0 Å². The highest BCUT2D eigenvalue weighted by atomic mass is 32.2. The Balaban J connectivity index is 2.01. The molecule has 0 aliphatic rings. The maximum Gasteiger partial charge on any atom is 0.363 e. The van der Waals surface area contributed by atoms with E-state index in [9.17, 15) is 10.1 Å². The molecule has 0 saturated carbocycles. The van der Waals surface area contributed by atoms with E-state index in [4.69, 9.17) is 0 Å². The van der Waals surface area contributed by atoms with Gasteiger partial charge in [0.25, 0.3) is 0 Å². The predicted octanol–water partition coefficient (Wildman–Crippen LogP) is 4.24. The number of hydrazone groups is 1. The lowest BCUT2D eigenvalue weighted by Crippen LogP contribution is -2.12. The van der Waals surface area contributed by atoms with Gasteiger partial charge >= 0.3 is 5.84 Å². The number of hydrogen-bond acceptors (Lipinski definition) is 5. The molecule has 0 heterocycles. The van der Waals surface area contributed by atoms with Gasteiger partial charge in [-0.05, 0) is 29.2 Å². The zero-order valence-corrected chi connectivity index (χ0v) is 14.0. The minimum absolute atomic E-state index is 0.0985. The molecule has 24 heavy (non-hydrogen) atoms. The van der Waals surface area contributed by atoms with Gasteiger partial charge in [-0.15, -0.1) is 11.8 Å². The van der Waals surface area contributed by atoms with Crippen molar-refractivity contribution >= 4 is 23.3 Å². The summed E-state index contributed by atoms with van der Waals surface area (Å²) in [4.78, 5) is 11.3. The molecule has 2 rings (SSSR count). The molecule has 0 aromatic heterocycles. The number of nitrogens with one attached hydrogen (secondary N) is 1. The molecule has 122 valence electrons. The van der Waals surface area contributed by atoms with Crippen LogP contribution in [0.25, 0.3) is 0 Å². The summed E-state index contributed by atoms with van der Waals surface area (Å²) in [6.45, 7) is 1.70. The summed E-state index contributed by atoms with van der Waals surface area (Å²) in [6.07, 6.45) is 0.262. The lowest BCUT2D eigenvalue weighted by molar-refractivity contribution is -0.353. The molecular weight excluding hydrogens is 322 g/mol. The van der Waals surface area contributed by atoms with Crippen molar-refractivity contribution in [2.75, 3.05) is 11.2 Å². The van der Waals surface area contributed by atoms with Crippen molar-refractivity contribution in [2.24, 2.45) is 5.10 Å². The van der Waals surface area contributed by atoms with Gasteiger partial charge in [0.2, 0.25) is 0 Å². The van der Waals surface area contributed by atoms with Gasteiger partial charge in [-0.25, -0.2) is 0 Å². The Labute approximate surface area is 145 Å². The fraction of sp³-hybridized carbons (Fsp3) is 0.167. The SMILES string of the molecule is CC/C(=N/Nc1ccccc1SCC#Cc1ccccc1)[N+](=O)[O-]. The van der Waals surface area contributed by atoms with Crippen molar-refractivity contribution < 1.29 is 4.92 Å². The van der Waals surface area contributed by atoms with E-state index >= 15 is 0 Å². The summed E-state index contributed by atoms with van der Waals surface area (Å²) in [5.74, 6) is 6.73. The Hall–Kier alpha value is -2.78. The molecule has 0 radical (unpaired) electrons. The van der Waals surface area contributed by atoms with E-state index in [1.54, 1.807) is 18.7 Å². The largest absolute Gasteiger partial charge is 0.363 e. The third-order valence-electron chi connectivity index (χ3n) is 3.03. The quantitative estimate of drug-likeness (QED) is 0.221. The molecule has 0 fully saturated rings. The highest BCUT2D eigenvalue weighted by Crippen LogP contribution is 2.26. The highest BCUT2D eigenvalue weighted by Gasteiger charge is 2.10. The lowest BCUT2D eigenvalue weighted by atomic mass is 10.2.